The van der Waals surface area contributed by atoms with Crippen LogP contribution in [0.5, 0.6) is 5.75 Å². The highest BCUT2D eigenvalue weighted by molar-refractivity contribution is 7.90. The number of amidine groups is 1. The van der Waals surface area contributed by atoms with Crippen molar-refractivity contribution in [2.75, 3.05) is 13.2 Å². The summed E-state index contributed by atoms with van der Waals surface area (Å²) in [7, 11) is -3.51. The molecule has 0 aromatic heterocycles. The van der Waals surface area contributed by atoms with Crippen LogP contribution in [0.4, 0.5) is 0 Å². The van der Waals surface area contributed by atoms with Gasteiger partial charge in [-0.15, -0.1) is 0 Å². The lowest BCUT2D eigenvalue weighted by Gasteiger charge is -2.11. The monoisotopic (exact) mass is 392 g/mol. The molecule has 0 saturated carbocycles. The number of benzene rings is 3. The number of aliphatic imine (C=N–C) groups is 1. The second kappa shape index (κ2) is 7.86. The van der Waals surface area contributed by atoms with Crippen LogP contribution in [0.15, 0.2) is 88.8 Å². The van der Waals surface area contributed by atoms with Crippen molar-refractivity contribution in [3.63, 3.8) is 0 Å². The van der Waals surface area contributed by atoms with Gasteiger partial charge in [0.05, 0.1) is 11.4 Å². The molecule has 1 N–H and O–H groups in total. The van der Waals surface area contributed by atoms with Gasteiger partial charge < -0.3 is 4.74 Å². The predicted molar refractivity (Wildman–Crippen MR) is 109 cm³/mol. The Morgan fingerprint density at radius 3 is 2.43 bits per heavy atom. The van der Waals surface area contributed by atoms with Gasteiger partial charge in [0, 0.05) is 12.0 Å². The minimum Gasteiger partial charge on any atom is -0.491 e. The van der Waals surface area contributed by atoms with Crippen molar-refractivity contribution >= 4 is 15.9 Å². The van der Waals surface area contributed by atoms with Crippen LogP contribution in [-0.4, -0.2) is 27.4 Å². The summed E-state index contributed by atoms with van der Waals surface area (Å²) in [5.41, 5.74) is 2.93. The molecule has 0 bridgehead atoms. The second-order valence-electron chi connectivity index (χ2n) is 6.45. The Morgan fingerprint density at radius 2 is 1.57 bits per heavy atom. The molecule has 0 saturated heterocycles. The van der Waals surface area contributed by atoms with Gasteiger partial charge >= 0.3 is 0 Å². The van der Waals surface area contributed by atoms with Gasteiger partial charge in [0.25, 0.3) is 10.0 Å². The maximum absolute atomic E-state index is 12.1. The molecule has 0 aliphatic carbocycles. The molecule has 0 amide bonds. The molecule has 0 atom stereocenters. The minimum absolute atomic E-state index is 0.267. The third kappa shape index (κ3) is 3.92. The fourth-order valence-corrected chi connectivity index (χ4v) is 4.42. The zero-order valence-electron chi connectivity index (χ0n) is 15.2. The van der Waals surface area contributed by atoms with Crippen molar-refractivity contribution < 1.29 is 13.2 Å². The molecular formula is C22H20N2O3S. The van der Waals surface area contributed by atoms with Crippen LogP contribution in [0.1, 0.15) is 16.7 Å². The van der Waals surface area contributed by atoms with Crippen LogP contribution in [-0.2, 0) is 16.4 Å². The smallest absolute Gasteiger partial charge is 0.263 e. The zero-order valence-corrected chi connectivity index (χ0v) is 16.0. The first-order chi connectivity index (χ1) is 13.6. The van der Waals surface area contributed by atoms with Gasteiger partial charge in [-0.3, -0.25) is 9.71 Å². The number of hydrogen-bond donors (Lipinski definition) is 1. The molecule has 0 unspecified atom stereocenters. The predicted octanol–water partition coefficient (Wildman–Crippen LogP) is 3.39. The Kier molecular flexibility index (Phi) is 5.12. The molecule has 0 radical (unpaired) electrons. The SMILES string of the molecule is O=S1(=O)NC(=NCCOc2ccccc2Cc2ccccc2)c2ccccc21. The molecule has 3 aromatic rings. The first kappa shape index (κ1) is 18.3. The summed E-state index contributed by atoms with van der Waals surface area (Å²) >= 11 is 0. The first-order valence-electron chi connectivity index (χ1n) is 9.05. The van der Waals surface area contributed by atoms with Crippen molar-refractivity contribution in [3.8, 4) is 5.75 Å². The summed E-state index contributed by atoms with van der Waals surface area (Å²) < 4.78 is 32.7. The molecule has 0 fully saturated rings. The van der Waals surface area contributed by atoms with Gasteiger partial charge in [-0.2, -0.15) is 0 Å². The van der Waals surface area contributed by atoms with E-state index in [-0.39, 0.29) is 4.90 Å². The minimum atomic E-state index is -3.51. The highest BCUT2D eigenvalue weighted by Gasteiger charge is 2.29. The third-order valence-corrected chi connectivity index (χ3v) is 5.89. The molecule has 1 aliphatic heterocycles. The lowest BCUT2D eigenvalue weighted by Crippen LogP contribution is -2.23. The number of nitrogens with zero attached hydrogens (tertiary/aromatic N) is 1. The highest BCUT2D eigenvalue weighted by Crippen LogP contribution is 2.23. The van der Waals surface area contributed by atoms with Crippen LogP contribution in [0.25, 0.3) is 0 Å². The van der Waals surface area contributed by atoms with E-state index in [4.69, 9.17) is 4.74 Å². The van der Waals surface area contributed by atoms with Crippen LogP contribution >= 0.6 is 0 Å². The number of sulfonamides is 1. The summed E-state index contributed by atoms with van der Waals surface area (Å²) in [4.78, 5) is 4.66. The van der Waals surface area contributed by atoms with Gasteiger partial charge in [0.2, 0.25) is 0 Å². The Hall–Kier alpha value is -3.12. The van der Waals surface area contributed by atoms with E-state index in [2.05, 4.69) is 27.9 Å². The Bertz CT molecular complexity index is 1110. The van der Waals surface area contributed by atoms with Crippen LogP contribution in [0.3, 0.4) is 0 Å². The fraction of sp³-hybridized carbons (Fsp3) is 0.136. The van der Waals surface area contributed by atoms with Crippen LogP contribution in [0.2, 0.25) is 0 Å². The number of nitrogens with one attached hydrogen (secondary N) is 1. The number of rotatable bonds is 6. The average molecular weight is 392 g/mol. The van der Waals surface area contributed by atoms with Crippen LogP contribution < -0.4 is 9.46 Å². The van der Waals surface area contributed by atoms with Gasteiger partial charge in [0.15, 0.2) is 0 Å². The summed E-state index contributed by atoms with van der Waals surface area (Å²) in [5, 5.41) is 0. The van der Waals surface area contributed by atoms with Gasteiger partial charge in [-0.1, -0.05) is 60.7 Å². The summed E-state index contributed by atoms with van der Waals surface area (Å²) in [6.07, 6.45) is 0.790. The highest BCUT2D eigenvalue weighted by atomic mass is 32.2. The first-order valence-corrected chi connectivity index (χ1v) is 10.5. The topological polar surface area (TPSA) is 67.8 Å². The van der Waals surface area contributed by atoms with Crippen molar-refractivity contribution in [2.45, 2.75) is 11.3 Å². The molecule has 142 valence electrons. The van der Waals surface area contributed by atoms with Crippen LogP contribution in [0, 0.1) is 0 Å². The third-order valence-electron chi connectivity index (χ3n) is 4.49. The fourth-order valence-electron chi connectivity index (χ4n) is 3.17. The Balaban J connectivity index is 1.42. The van der Waals surface area contributed by atoms with Crippen molar-refractivity contribution in [1.29, 1.82) is 0 Å². The van der Waals surface area contributed by atoms with E-state index in [0.717, 1.165) is 17.7 Å². The van der Waals surface area contributed by atoms with Crippen molar-refractivity contribution in [3.05, 3.63) is 95.6 Å². The second-order valence-corrected chi connectivity index (χ2v) is 8.10. The quantitative estimate of drug-likeness (QED) is 0.654. The summed E-state index contributed by atoms with van der Waals surface area (Å²) in [6, 6.07) is 25.0. The van der Waals surface area contributed by atoms with Gasteiger partial charge in [0.1, 0.15) is 18.2 Å². The lowest BCUT2D eigenvalue weighted by atomic mass is 10.0. The zero-order chi connectivity index (χ0) is 19.4. The molecule has 28 heavy (non-hydrogen) atoms. The largest absolute Gasteiger partial charge is 0.491 e. The number of fused-ring (bicyclic) bond motifs is 1. The van der Waals surface area contributed by atoms with Gasteiger partial charge in [-0.25, -0.2) is 8.42 Å². The number of ether oxygens (including phenoxy) is 1. The summed E-state index contributed by atoms with van der Waals surface area (Å²) in [6.45, 7) is 0.713. The normalized spacial score (nSPS) is 15.8. The van der Waals surface area contributed by atoms with E-state index in [1.165, 1.54) is 5.56 Å². The molecule has 4 rings (SSSR count). The standard InChI is InChI=1S/C22H20N2O3S/c25-28(26)21-13-7-5-11-19(21)22(24-28)23-14-15-27-20-12-6-4-10-18(20)16-17-8-2-1-3-9-17/h1-13H,14-16H2,(H,23,24). The Labute approximate surface area is 164 Å². The molecule has 3 aromatic carbocycles. The Morgan fingerprint density at radius 1 is 0.857 bits per heavy atom. The molecule has 1 heterocycles. The molecule has 5 nitrogen and oxygen atoms in total. The molecular weight excluding hydrogens is 372 g/mol. The van der Waals surface area contributed by atoms with E-state index in [0.29, 0.717) is 24.6 Å². The lowest BCUT2D eigenvalue weighted by molar-refractivity contribution is 0.326. The van der Waals surface area contributed by atoms with Gasteiger partial charge in [-0.05, 0) is 29.3 Å². The molecule has 0 spiro atoms. The maximum Gasteiger partial charge on any atom is 0.263 e. The van der Waals surface area contributed by atoms with Crippen molar-refractivity contribution in [1.82, 2.24) is 4.72 Å². The molecule has 6 heteroatoms. The van der Waals surface area contributed by atoms with Crippen molar-refractivity contribution in [2.24, 2.45) is 4.99 Å². The van der Waals surface area contributed by atoms with E-state index >= 15 is 0 Å². The number of hydrogen-bond acceptors (Lipinski definition) is 4. The average Bonchev–Trinajstić information content (AvgIpc) is 2.98. The van der Waals surface area contributed by atoms with E-state index in [1.807, 2.05) is 36.4 Å². The molecule has 1 aliphatic rings. The van der Waals surface area contributed by atoms with E-state index < -0.39 is 10.0 Å². The van der Waals surface area contributed by atoms with E-state index in [9.17, 15) is 8.42 Å². The number of para-hydroxylation sites is 1. The summed E-state index contributed by atoms with van der Waals surface area (Å²) in [5.74, 6) is 1.19. The maximum atomic E-state index is 12.1. The van der Waals surface area contributed by atoms with E-state index in [1.54, 1.807) is 24.3 Å².